The Morgan fingerprint density at radius 1 is 1.33 bits per heavy atom. The molecule has 0 spiro atoms. The molecular formula is C13H13NO3S. The van der Waals surface area contributed by atoms with E-state index in [4.69, 9.17) is 9.84 Å². The van der Waals surface area contributed by atoms with Crippen LogP contribution in [-0.4, -0.2) is 22.7 Å². The minimum absolute atomic E-state index is 0.136. The summed E-state index contributed by atoms with van der Waals surface area (Å²) in [4.78, 5) is 14.5. The molecule has 4 nitrogen and oxygen atoms in total. The molecule has 0 bridgehead atoms. The van der Waals surface area contributed by atoms with Gasteiger partial charge in [-0.3, -0.25) is 4.79 Å². The van der Waals surface area contributed by atoms with Crippen LogP contribution in [0, 0.1) is 0 Å². The van der Waals surface area contributed by atoms with Crippen LogP contribution < -0.4 is 4.74 Å². The van der Waals surface area contributed by atoms with Crippen molar-refractivity contribution in [3.8, 4) is 17.0 Å². The fourth-order valence-corrected chi connectivity index (χ4v) is 2.05. The second-order valence-corrected chi connectivity index (χ2v) is 4.46. The third kappa shape index (κ3) is 3.56. The number of carboxylic acids is 1. The normalized spacial score (nSPS) is 10.2. The maximum absolute atomic E-state index is 10.3. The molecule has 0 saturated heterocycles. The van der Waals surface area contributed by atoms with E-state index in [1.165, 1.54) is 0 Å². The van der Waals surface area contributed by atoms with Gasteiger partial charge in [-0.05, 0) is 30.7 Å². The third-order valence-electron chi connectivity index (χ3n) is 2.39. The van der Waals surface area contributed by atoms with Crippen LogP contribution in [0.1, 0.15) is 12.8 Å². The molecule has 1 aromatic heterocycles. The molecule has 0 amide bonds. The Hall–Kier alpha value is -1.88. The van der Waals surface area contributed by atoms with Gasteiger partial charge in [0.1, 0.15) is 5.75 Å². The summed E-state index contributed by atoms with van der Waals surface area (Å²) < 4.78 is 5.45. The number of carbonyl (C=O) groups is 1. The lowest BCUT2D eigenvalue weighted by molar-refractivity contribution is -0.137. The van der Waals surface area contributed by atoms with Crippen molar-refractivity contribution in [2.45, 2.75) is 12.8 Å². The molecule has 0 unspecified atom stereocenters. The lowest BCUT2D eigenvalue weighted by Crippen LogP contribution is -2.01. The van der Waals surface area contributed by atoms with E-state index in [1.807, 2.05) is 29.6 Å². The highest BCUT2D eigenvalue weighted by atomic mass is 32.1. The van der Waals surface area contributed by atoms with Crippen molar-refractivity contribution < 1.29 is 14.6 Å². The van der Waals surface area contributed by atoms with Gasteiger partial charge in [0.25, 0.3) is 0 Å². The Morgan fingerprint density at radius 3 is 2.72 bits per heavy atom. The van der Waals surface area contributed by atoms with Crippen LogP contribution in [0.5, 0.6) is 5.75 Å². The van der Waals surface area contributed by atoms with Crippen molar-refractivity contribution in [3.63, 3.8) is 0 Å². The van der Waals surface area contributed by atoms with Crippen LogP contribution in [0.4, 0.5) is 0 Å². The fourth-order valence-electron chi connectivity index (χ4n) is 1.49. The summed E-state index contributed by atoms with van der Waals surface area (Å²) in [5.74, 6) is -0.0446. The monoisotopic (exact) mass is 263 g/mol. The molecule has 1 N–H and O–H groups in total. The second-order valence-electron chi connectivity index (χ2n) is 3.74. The highest BCUT2D eigenvalue weighted by Crippen LogP contribution is 2.22. The summed E-state index contributed by atoms with van der Waals surface area (Å²) in [5, 5.41) is 10.5. The van der Waals surface area contributed by atoms with Gasteiger partial charge >= 0.3 is 5.97 Å². The van der Waals surface area contributed by atoms with Gasteiger partial charge in [-0.2, -0.15) is 0 Å². The van der Waals surface area contributed by atoms with E-state index >= 15 is 0 Å². The lowest BCUT2D eigenvalue weighted by atomic mass is 10.2. The first-order valence-corrected chi connectivity index (χ1v) is 6.53. The molecule has 2 rings (SSSR count). The molecule has 0 atom stereocenters. The minimum Gasteiger partial charge on any atom is -0.494 e. The van der Waals surface area contributed by atoms with Crippen LogP contribution in [0.3, 0.4) is 0 Å². The van der Waals surface area contributed by atoms with Gasteiger partial charge in [0.05, 0.1) is 17.8 Å². The Morgan fingerprint density at radius 2 is 2.11 bits per heavy atom. The molecule has 0 fully saturated rings. The maximum Gasteiger partial charge on any atom is 0.303 e. The number of aliphatic carboxylic acids is 1. The number of ether oxygens (including phenoxy) is 1. The molecule has 0 saturated carbocycles. The predicted octanol–water partition coefficient (Wildman–Crippen LogP) is 3.05. The molecule has 0 aliphatic rings. The zero-order valence-electron chi connectivity index (χ0n) is 9.70. The largest absolute Gasteiger partial charge is 0.494 e. The Labute approximate surface area is 109 Å². The Bertz CT molecular complexity index is 493. The molecule has 1 heterocycles. The summed E-state index contributed by atoms with van der Waals surface area (Å²) >= 11 is 1.56. The van der Waals surface area contributed by atoms with Crippen LogP contribution in [0.2, 0.25) is 0 Å². The number of hydrogen-bond acceptors (Lipinski definition) is 4. The highest BCUT2D eigenvalue weighted by molar-refractivity contribution is 7.07. The van der Waals surface area contributed by atoms with Gasteiger partial charge in [-0.25, -0.2) is 4.98 Å². The van der Waals surface area contributed by atoms with E-state index in [0.717, 1.165) is 17.0 Å². The molecule has 94 valence electrons. The molecule has 0 radical (unpaired) electrons. The predicted molar refractivity (Wildman–Crippen MR) is 69.9 cm³/mol. The van der Waals surface area contributed by atoms with E-state index in [2.05, 4.69) is 4.98 Å². The molecular weight excluding hydrogens is 250 g/mol. The van der Waals surface area contributed by atoms with Gasteiger partial charge < -0.3 is 9.84 Å². The molecule has 1 aromatic carbocycles. The smallest absolute Gasteiger partial charge is 0.303 e. The average Bonchev–Trinajstić information content (AvgIpc) is 2.89. The van der Waals surface area contributed by atoms with Crippen LogP contribution >= 0.6 is 11.3 Å². The Kier molecular flexibility index (Phi) is 4.30. The topological polar surface area (TPSA) is 59.4 Å². The minimum atomic E-state index is -0.794. The van der Waals surface area contributed by atoms with Crippen LogP contribution in [0.15, 0.2) is 35.2 Å². The standard InChI is InChI=1S/C13H13NO3S/c15-13(16)2-1-7-17-11-5-3-10(4-6-11)12-8-18-9-14-12/h3-6,8-9H,1-2,7H2,(H,15,16). The van der Waals surface area contributed by atoms with Crippen LogP contribution in [0.25, 0.3) is 11.3 Å². The first-order valence-electron chi connectivity index (χ1n) is 5.59. The zero-order valence-corrected chi connectivity index (χ0v) is 10.5. The zero-order chi connectivity index (χ0) is 12.8. The van der Waals surface area contributed by atoms with Gasteiger partial charge in [-0.15, -0.1) is 11.3 Å². The summed E-state index contributed by atoms with van der Waals surface area (Å²) in [6.45, 7) is 0.419. The second kappa shape index (κ2) is 6.16. The molecule has 2 aromatic rings. The van der Waals surface area contributed by atoms with Crippen molar-refractivity contribution in [2.75, 3.05) is 6.61 Å². The van der Waals surface area contributed by atoms with E-state index in [-0.39, 0.29) is 6.42 Å². The number of thiazole rings is 1. The van der Waals surface area contributed by atoms with Crippen LogP contribution in [-0.2, 0) is 4.79 Å². The number of nitrogens with zero attached hydrogens (tertiary/aromatic N) is 1. The van der Waals surface area contributed by atoms with E-state index in [9.17, 15) is 4.79 Å². The number of rotatable bonds is 6. The van der Waals surface area contributed by atoms with Crippen molar-refractivity contribution in [1.82, 2.24) is 4.98 Å². The maximum atomic E-state index is 10.3. The van der Waals surface area contributed by atoms with Crippen molar-refractivity contribution in [2.24, 2.45) is 0 Å². The first kappa shape index (κ1) is 12.6. The first-order chi connectivity index (χ1) is 8.75. The number of aromatic nitrogens is 1. The van der Waals surface area contributed by atoms with E-state index in [0.29, 0.717) is 13.0 Å². The molecule has 5 heteroatoms. The van der Waals surface area contributed by atoms with Crippen molar-refractivity contribution >= 4 is 17.3 Å². The van der Waals surface area contributed by atoms with Crippen molar-refractivity contribution in [3.05, 3.63) is 35.2 Å². The number of hydrogen-bond donors (Lipinski definition) is 1. The van der Waals surface area contributed by atoms with E-state index < -0.39 is 5.97 Å². The van der Waals surface area contributed by atoms with Crippen molar-refractivity contribution in [1.29, 1.82) is 0 Å². The molecule has 0 aliphatic heterocycles. The Balaban J connectivity index is 1.86. The average molecular weight is 263 g/mol. The quantitative estimate of drug-likeness (QED) is 0.814. The van der Waals surface area contributed by atoms with Gasteiger partial charge in [0.15, 0.2) is 0 Å². The van der Waals surface area contributed by atoms with Gasteiger partial charge in [0, 0.05) is 17.4 Å². The van der Waals surface area contributed by atoms with Gasteiger partial charge in [-0.1, -0.05) is 0 Å². The van der Waals surface area contributed by atoms with Gasteiger partial charge in [0.2, 0.25) is 0 Å². The SMILES string of the molecule is O=C(O)CCCOc1ccc(-c2cscn2)cc1. The third-order valence-corrected chi connectivity index (χ3v) is 2.97. The fraction of sp³-hybridized carbons (Fsp3) is 0.231. The molecule has 0 aliphatic carbocycles. The summed E-state index contributed by atoms with van der Waals surface area (Å²) in [6, 6.07) is 7.63. The van der Waals surface area contributed by atoms with E-state index in [1.54, 1.807) is 16.8 Å². The number of carboxylic acid groups (broad SMARTS) is 1. The highest BCUT2D eigenvalue weighted by Gasteiger charge is 2.01. The molecule has 18 heavy (non-hydrogen) atoms. The summed E-state index contributed by atoms with van der Waals surface area (Å²) in [5.41, 5.74) is 3.80. The lowest BCUT2D eigenvalue weighted by Gasteiger charge is -2.05. The summed E-state index contributed by atoms with van der Waals surface area (Å²) in [6.07, 6.45) is 0.653. The number of benzene rings is 1. The summed E-state index contributed by atoms with van der Waals surface area (Å²) in [7, 11) is 0.